The third-order valence-corrected chi connectivity index (χ3v) is 3.42. The van der Waals surface area contributed by atoms with Gasteiger partial charge in [-0.2, -0.15) is 13.2 Å². The van der Waals surface area contributed by atoms with Crippen molar-refractivity contribution in [2.75, 3.05) is 6.61 Å². The second-order valence-corrected chi connectivity index (χ2v) is 5.02. The second kappa shape index (κ2) is 6.07. The van der Waals surface area contributed by atoms with E-state index in [4.69, 9.17) is 5.11 Å². The molecule has 8 nitrogen and oxygen atoms in total. The molecule has 0 aliphatic heterocycles. The van der Waals surface area contributed by atoms with Crippen LogP contribution < -0.4 is 16.9 Å². The maximum Gasteiger partial charge on any atom is 0.390 e. The summed E-state index contributed by atoms with van der Waals surface area (Å²) in [6.07, 6.45) is -5.64. The third kappa shape index (κ3) is 3.23. The zero-order valence-corrected chi connectivity index (χ0v) is 12.2. The van der Waals surface area contributed by atoms with Crippen molar-refractivity contribution in [3.63, 3.8) is 0 Å². The van der Waals surface area contributed by atoms with E-state index in [9.17, 15) is 27.6 Å². The Labute approximate surface area is 126 Å². The van der Waals surface area contributed by atoms with Gasteiger partial charge in [-0.3, -0.25) is 23.5 Å². The van der Waals surface area contributed by atoms with Gasteiger partial charge in [0.1, 0.15) is 5.65 Å². The van der Waals surface area contributed by atoms with Crippen LogP contribution in [0.1, 0.15) is 12.8 Å². The van der Waals surface area contributed by atoms with Crippen LogP contribution in [0.2, 0.25) is 0 Å². The summed E-state index contributed by atoms with van der Waals surface area (Å²) in [6.45, 7) is -1.09. The molecule has 23 heavy (non-hydrogen) atoms. The molecule has 0 aliphatic carbocycles. The highest BCUT2D eigenvalue weighted by atomic mass is 19.4. The van der Waals surface area contributed by atoms with Crippen LogP contribution in [0.5, 0.6) is 0 Å². The van der Waals surface area contributed by atoms with Gasteiger partial charge in [-0.1, -0.05) is 0 Å². The average molecular weight is 336 g/mol. The Morgan fingerprint density at radius 1 is 1.13 bits per heavy atom. The van der Waals surface area contributed by atoms with Crippen LogP contribution in [0.15, 0.2) is 14.4 Å². The first-order valence-corrected chi connectivity index (χ1v) is 6.77. The van der Waals surface area contributed by atoms with Crippen molar-refractivity contribution in [1.82, 2.24) is 18.7 Å². The molecule has 2 rings (SSSR count). The second-order valence-electron chi connectivity index (χ2n) is 5.02. The first-order valence-electron chi connectivity index (χ1n) is 6.77. The van der Waals surface area contributed by atoms with Gasteiger partial charge in [0.05, 0.1) is 6.42 Å². The number of nitrogens with one attached hydrogen (secondary N) is 1. The normalized spacial score (nSPS) is 12.2. The zero-order chi connectivity index (χ0) is 17.4. The highest BCUT2D eigenvalue weighted by Gasteiger charge is 2.28. The summed E-state index contributed by atoms with van der Waals surface area (Å²) in [5, 5.41) is 8.81. The molecule has 0 aliphatic rings. The van der Waals surface area contributed by atoms with E-state index in [1.807, 2.05) is 0 Å². The lowest BCUT2D eigenvalue weighted by atomic mass is 10.4. The van der Waals surface area contributed by atoms with Gasteiger partial charge < -0.3 is 5.11 Å². The Kier molecular flexibility index (Phi) is 4.50. The van der Waals surface area contributed by atoms with E-state index in [1.54, 1.807) is 0 Å². The highest BCUT2D eigenvalue weighted by molar-refractivity contribution is 5.69. The number of imidazole rings is 1. The van der Waals surface area contributed by atoms with Gasteiger partial charge in [0.2, 0.25) is 0 Å². The molecule has 11 heteroatoms. The van der Waals surface area contributed by atoms with Crippen molar-refractivity contribution in [3.8, 4) is 0 Å². The van der Waals surface area contributed by atoms with Crippen LogP contribution >= 0.6 is 0 Å². The fourth-order valence-electron chi connectivity index (χ4n) is 2.29. The Balaban J connectivity index is 2.68. The summed E-state index contributed by atoms with van der Waals surface area (Å²) in [4.78, 5) is 38.5. The van der Waals surface area contributed by atoms with Crippen molar-refractivity contribution < 1.29 is 18.3 Å². The van der Waals surface area contributed by atoms with E-state index in [1.165, 1.54) is 7.05 Å². The van der Waals surface area contributed by atoms with E-state index in [2.05, 4.69) is 4.98 Å². The Morgan fingerprint density at radius 3 is 2.35 bits per heavy atom. The molecule has 0 aromatic carbocycles. The number of aromatic amines is 1. The van der Waals surface area contributed by atoms with Crippen LogP contribution in [0.25, 0.3) is 11.2 Å². The van der Waals surface area contributed by atoms with Crippen LogP contribution in [-0.4, -0.2) is 36.6 Å². The minimum Gasteiger partial charge on any atom is -0.396 e. The van der Waals surface area contributed by atoms with Gasteiger partial charge in [-0.05, 0) is 6.42 Å². The number of hydrogen-bond donors (Lipinski definition) is 2. The first kappa shape index (κ1) is 17.1. The number of rotatable bonds is 5. The molecule has 0 saturated heterocycles. The molecule has 0 saturated carbocycles. The standard InChI is InChI=1S/C12H15F3N4O4/c1-17-8-7(9(21)19(11(17)23)4-2-6-20)18(10(22)16-8)5-3-12(13,14)15/h20H,2-6H2,1H3,(H,16,22). The summed E-state index contributed by atoms with van der Waals surface area (Å²) in [5.41, 5.74) is -2.90. The Hall–Kier alpha value is -2.30. The maximum atomic E-state index is 12.4. The smallest absolute Gasteiger partial charge is 0.390 e. The van der Waals surface area contributed by atoms with Crippen molar-refractivity contribution in [1.29, 1.82) is 0 Å². The quantitative estimate of drug-likeness (QED) is 0.770. The van der Waals surface area contributed by atoms with E-state index >= 15 is 0 Å². The molecule has 0 amide bonds. The van der Waals surface area contributed by atoms with Crippen molar-refractivity contribution in [2.45, 2.75) is 32.1 Å². The van der Waals surface area contributed by atoms with Gasteiger partial charge in [0, 0.05) is 26.7 Å². The summed E-state index contributed by atoms with van der Waals surface area (Å²) < 4.78 is 39.6. The number of fused-ring (bicyclic) bond motifs is 1. The molecule has 0 fully saturated rings. The lowest BCUT2D eigenvalue weighted by molar-refractivity contribution is -0.136. The monoisotopic (exact) mass is 336 g/mol. The molecule has 2 aromatic heterocycles. The Morgan fingerprint density at radius 2 is 1.78 bits per heavy atom. The minimum atomic E-state index is -4.49. The van der Waals surface area contributed by atoms with Crippen LogP contribution in [-0.2, 0) is 20.1 Å². The van der Waals surface area contributed by atoms with Crippen LogP contribution in [0.3, 0.4) is 0 Å². The predicted molar refractivity (Wildman–Crippen MR) is 74.4 cm³/mol. The zero-order valence-electron chi connectivity index (χ0n) is 12.2. The number of H-pyrrole nitrogens is 1. The van der Waals surface area contributed by atoms with Crippen LogP contribution in [0.4, 0.5) is 13.2 Å². The third-order valence-electron chi connectivity index (χ3n) is 3.42. The van der Waals surface area contributed by atoms with Crippen molar-refractivity contribution in [3.05, 3.63) is 31.3 Å². The molecule has 0 atom stereocenters. The van der Waals surface area contributed by atoms with E-state index in [0.29, 0.717) is 4.57 Å². The maximum absolute atomic E-state index is 12.4. The fourth-order valence-corrected chi connectivity index (χ4v) is 2.29. The topological polar surface area (TPSA) is 102 Å². The Bertz CT molecular complexity index is 887. The molecular weight excluding hydrogens is 321 g/mol. The number of nitrogens with zero attached hydrogens (tertiary/aromatic N) is 3. The number of alkyl halides is 3. The van der Waals surface area contributed by atoms with E-state index in [-0.39, 0.29) is 30.7 Å². The molecular formula is C12H15F3N4O4. The number of halogens is 3. The minimum absolute atomic E-state index is 0.101. The summed E-state index contributed by atoms with van der Waals surface area (Å²) in [7, 11) is 1.30. The van der Waals surface area contributed by atoms with Crippen molar-refractivity contribution >= 4 is 11.2 Å². The first-order chi connectivity index (χ1) is 10.7. The van der Waals surface area contributed by atoms with Gasteiger partial charge in [0.15, 0.2) is 5.52 Å². The predicted octanol–water partition coefficient (Wildman–Crippen LogP) is -0.475. The lowest BCUT2D eigenvalue weighted by Gasteiger charge is -2.10. The van der Waals surface area contributed by atoms with E-state index in [0.717, 1.165) is 9.13 Å². The number of aliphatic hydroxyl groups is 1. The summed E-state index contributed by atoms with van der Waals surface area (Å²) >= 11 is 0. The highest BCUT2D eigenvalue weighted by Crippen LogP contribution is 2.20. The summed E-state index contributed by atoms with van der Waals surface area (Å²) in [5.74, 6) is 0. The van der Waals surface area contributed by atoms with Gasteiger partial charge in [0.25, 0.3) is 5.56 Å². The van der Waals surface area contributed by atoms with Crippen LogP contribution in [0, 0.1) is 0 Å². The SMILES string of the molecule is Cn1c(=O)n(CCCO)c(=O)c2c1[nH]c(=O)n2CCC(F)(F)F. The number of hydrogen-bond acceptors (Lipinski definition) is 4. The molecule has 2 heterocycles. The average Bonchev–Trinajstić information content (AvgIpc) is 2.79. The molecule has 2 aromatic rings. The molecule has 0 radical (unpaired) electrons. The number of aromatic nitrogens is 4. The molecule has 2 N–H and O–H groups in total. The molecule has 0 spiro atoms. The van der Waals surface area contributed by atoms with Gasteiger partial charge in [-0.25, -0.2) is 9.59 Å². The largest absolute Gasteiger partial charge is 0.396 e. The van der Waals surface area contributed by atoms with Gasteiger partial charge >= 0.3 is 17.6 Å². The molecule has 0 bridgehead atoms. The number of aliphatic hydroxyl groups excluding tert-OH is 1. The molecule has 0 unspecified atom stereocenters. The van der Waals surface area contributed by atoms with Crippen molar-refractivity contribution in [2.24, 2.45) is 7.05 Å². The number of aryl methyl sites for hydroxylation is 2. The molecule has 128 valence electrons. The fraction of sp³-hybridized carbons (Fsp3) is 0.583. The lowest BCUT2D eigenvalue weighted by Crippen LogP contribution is -2.40. The van der Waals surface area contributed by atoms with Gasteiger partial charge in [-0.15, -0.1) is 0 Å². The van der Waals surface area contributed by atoms with E-state index < -0.39 is 36.1 Å². The summed E-state index contributed by atoms with van der Waals surface area (Å²) in [6, 6.07) is 0.